The van der Waals surface area contributed by atoms with Crippen LogP contribution in [0.5, 0.6) is 0 Å². The highest BCUT2D eigenvalue weighted by Crippen LogP contribution is 2.17. The number of fused-ring (bicyclic) bond motifs is 1. The van der Waals surface area contributed by atoms with E-state index in [1.165, 1.54) is 0 Å². The Morgan fingerprint density at radius 3 is 2.48 bits per heavy atom. The van der Waals surface area contributed by atoms with Crippen LogP contribution in [0.2, 0.25) is 0 Å². The molecule has 4 N–H and O–H groups in total. The van der Waals surface area contributed by atoms with Crippen molar-refractivity contribution in [3.05, 3.63) is 60.8 Å². The molecule has 0 fully saturated rings. The number of urea groups is 1. The highest BCUT2D eigenvalue weighted by Gasteiger charge is 2.03. The van der Waals surface area contributed by atoms with Gasteiger partial charge in [0.15, 0.2) is 0 Å². The second kappa shape index (κ2) is 5.50. The van der Waals surface area contributed by atoms with Gasteiger partial charge in [-0.05, 0) is 48.5 Å². The number of rotatable bonds is 2. The van der Waals surface area contributed by atoms with Crippen molar-refractivity contribution in [3.8, 4) is 0 Å². The topological polar surface area (TPSA) is 80.0 Å². The molecule has 0 aliphatic rings. The standard InChI is InChI=1S/C16H14N4O/c17-12-3-5-13(6-4-12)19-16(21)20-14-7-8-15-11(10-14)2-1-9-18-15/h1-10H,17H2,(H2,19,20,21). The van der Waals surface area contributed by atoms with Crippen LogP contribution in [0.15, 0.2) is 60.8 Å². The van der Waals surface area contributed by atoms with Crippen molar-refractivity contribution in [3.63, 3.8) is 0 Å². The van der Waals surface area contributed by atoms with Crippen molar-refractivity contribution in [1.82, 2.24) is 4.98 Å². The van der Waals surface area contributed by atoms with Crippen LogP contribution in [0, 0.1) is 0 Å². The Morgan fingerprint density at radius 1 is 0.952 bits per heavy atom. The maximum Gasteiger partial charge on any atom is 0.323 e. The van der Waals surface area contributed by atoms with E-state index in [2.05, 4.69) is 15.6 Å². The molecule has 0 bridgehead atoms. The molecular weight excluding hydrogens is 264 g/mol. The van der Waals surface area contributed by atoms with Crippen molar-refractivity contribution < 1.29 is 4.79 Å². The molecule has 0 saturated carbocycles. The van der Waals surface area contributed by atoms with Crippen molar-refractivity contribution in [2.24, 2.45) is 0 Å². The maximum atomic E-state index is 11.9. The first kappa shape index (κ1) is 12.9. The number of benzene rings is 2. The number of carbonyl (C=O) groups is 1. The lowest BCUT2D eigenvalue weighted by Gasteiger charge is -2.08. The third kappa shape index (κ3) is 3.09. The fourth-order valence-electron chi connectivity index (χ4n) is 2.01. The monoisotopic (exact) mass is 278 g/mol. The summed E-state index contributed by atoms with van der Waals surface area (Å²) in [6.07, 6.45) is 1.74. The molecule has 21 heavy (non-hydrogen) atoms. The van der Waals surface area contributed by atoms with Gasteiger partial charge in [0.1, 0.15) is 0 Å². The van der Waals surface area contributed by atoms with Gasteiger partial charge in [0.05, 0.1) is 5.52 Å². The second-order valence-corrected chi connectivity index (χ2v) is 4.61. The minimum Gasteiger partial charge on any atom is -0.399 e. The number of nitrogens with zero attached hydrogens (tertiary/aromatic N) is 1. The van der Waals surface area contributed by atoms with E-state index in [1.54, 1.807) is 30.5 Å². The number of carbonyl (C=O) groups excluding carboxylic acids is 1. The summed E-state index contributed by atoms with van der Waals surface area (Å²) in [6.45, 7) is 0. The number of nitrogens with one attached hydrogen (secondary N) is 2. The summed E-state index contributed by atoms with van der Waals surface area (Å²) < 4.78 is 0. The average molecular weight is 278 g/mol. The summed E-state index contributed by atoms with van der Waals surface area (Å²) in [7, 11) is 0. The Labute approximate surface area is 121 Å². The molecule has 5 nitrogen and oxygen atoms in total. The lowest BCUT2D eigenvalue weighted by atomic mass is 10.2. The first-order valence-corrected chi connectivity index (χ1v) is 6.49. The molecule has 0 spiro atoms. The zero-order valence-electron chi connectivity index (χ0n) is 11.2. The van der Waals surface area contributed by atoms with Gasteiger partial charge in [0.25, 0.3) is 0 Å². The molecule has 3 aromatic rings. The molecule has 0 saturated heterocycles. The van der Waals surface area contributed by atoms with Crippen LogP contribution in [-0.2, 0) is 0 Å². The van der Waals surface area contributed by atoms with E-state index >= 15 is 0 Å². The van der Waals surface area contributed by atoms with Gasteiger partial charge in [-0.15, -0.1) is 0 Å². The molecule has 0 atom stereocenters. The Balaban J connectivity index is 1.72. The number of amides is 2. The molecule has 104 valence electrons. The summed E-state index contributed by atoms with van der Waals surface area (Å²) in [5, 5.41) is 6.51. The summed E-state index contributed by atoms with van der Waals surface area (Å²) in [5.74, 6) is 0. The molecule has 0 radical (unpaired) electrons. The third-order valence-electron chi connectivity index (χ3n) is 3.03. The Hall–Kier alpha value is -3.08. The van der Waals surface area contributed by atoms with Crippen molar-refractivity contribution in [2.75, 3.05) is 16.4 Å². The Kier molecular flexibility index (Phi) is 3.39. The Bertz CT molecular complexity index is 784. The van der Waals surface area contributed by atoms with Gasteiger partial charge in [0.2, 0.25) is 0 Å². The van der Waals surface area contributed by atoms with Crippen LogP contribution in [0.25, 0.3) is 10.9 Å². The number of hydrogen-bond acceptors (Lipinski definition) is 3. The summed E-state index contributed by atoms with van der Waals surface area (Å²) in [6, 6.07) is 16.0. The molecular formula is C16H14N4O. The summed E-state index contributed by atoms with van der Waals surface area (Å²) in [4.78, 5) is 16.2. The van der Waals surface area contributed by atoms with Crippen molar-refractivity contribution in [1.29, 1.82) is 0 Å². The molecule has 2 aromatic carbocycles. The lowest BCUT2D eigenvalue weighted by molar-refractivity contribution is 0.262. The zero-order valence-corrected chi connectivity index (χ0v) is 11.2. The van der Waals surface area contributed by atoms with Crippen LogP contribution in [0.3, 0.4) is 0 Å². The van der Waals surface area contributed by atoms with Crippen LogP contribution < -0.4 is 16.4 Å². The van der Waals surface area contributed by atoms with Gasteiger partial charge in [-0.2, -0.15) is 0 Å². The molecule has 0 aliphatic heterocycles. The molecule has 1 heterocycles. The first-order valence-electron chi connectivity index (χ1n) is 6.49. The number of nitrogens with two attached hydrogens (primary N) is 1. The number of hydrogen-bond donors (Lipinski definition) is 3. The predicted octanol–water partition coefficient (Wildman–Crippen LogP) is 3.46. The highest BCUT2D eigenvalue weighted by molar-refractivity contribution is 6.01. The number of pyridine rings is 1. The summed E-state index contributed by atoms with van der Waals surface area (Å²) >= 11 is 0. The average Bonchev–Trinajstić information content (AvgIpc) is 2.49. The van der Waals surface area contributed by atoms with Crippen molar-refractivity contribution in [2.45, 2.75) is 0 Å². The second-order valence-electron chi connectivity index (χ2n) is 4.61. The molecule has 1 aromatic heterocycles. The molecule has 5 heteroatoms. The van der Waals surface area contributed by atoms with Crippen molar-refractivity contribution >= 4 is 34.0 Å². The molecule has 0 aliphatic carbocycles. The van der Waals surface area contributed by atoms with E-state index in [-0.39, 0.29) is 6.03 Å². The van der Waals surface area contributed by atoms with Crippen LogP contribution in [-0.4, -0.2) is 11.0 Å². The van der Waals surface area contributed by atoms with Gasteiger partial charge >= 0.3 is 6.03 Å². The fourth-order valence-corrected chi connectivity index (χ4v) is 2.01. The number of aromatic nitrogens is 1. The van der Waals surface area contributed by atoms with Gasteiger partial charge in [-0.1, -0.05) is 6.07 Å². The quantitative estimate of drug-likeness (QED) is 0.628. The van der Waals surface area contributed by atoms with E-state index in [1.807, 2.05) is 30.3 Å². The van der Waals surface area contributed by atoms with E-state index in [0.29, 0.717) is 17.1 Å². The fraction of sp³-hybridized carbons (Fsp3) is 0. The van der Waals surface area contributed by atoms with Gasteiger partial charge in [-0.3, -0.25) is 4.98 Å². The van der Waals surface area contributed by atoms with Crippen LogP contribution in [0.4, 0.5) is 21.9 Å². The van der Waals surface area contributed by atoms with Gasteiger partial charge in [-0.25, -0.2) is 4.79 Å². The number of nitrogen functional groups attached to an aromatic ring is 1. The highest BCUT2D eigenvalue weighted by atomic mass is 16.2. The lowest BCUT2D eigenvalue weighted by Crippen LogP contribution is -2.19. The van der Waals surface area contributed by atoms with E-state index in [4.69, 9.17) is 5.73 Å². The van der Waals surface area contributed by atoms with Crippen LogP contribution >= 0.6 is 0 Å². The molecule has 0 unspecified atom stereocenters. The van der Waals surface area contributed by atoms with Gasteiger partial charge in [0, 0.05) is 28.6 Å². The van der Waals surface area contributed by atoms with E-state index < -0.39 is 0 Å². The molecule has 2 amide bonds. The SMILES string of the molecule is Nc1ccc(NC(=O)Nc2ccc3ncccc3c2)cc1. The maximum absolute atomic E-state index is 11.9. The smallest absolute Gasteiger partial charge is 0.323 e. The molecule has 3 rings (SSSR count). The van der Waals surface area contributed by atoms with Gasteiger partial charge < -0.3 is 16.4 Å². The van der Waals surface area contributed by atoms with E-state index in [0.717, 1.165) is 10.9 Å². The third-order valence-corrected chi connectivity index (χ3v) is 3.03. The minimum absolute atomic E-state index is 0.303. The van der Waals surface area contributed by atoms with Crippen LogP contribution in [0.1, 0.15) is 0 Å². The normalized spacial score (nSPS) is 10.3. The van der Waals surface area contributed by atoms with E-state index in [9.17, 15) is 4.79 Å². The largest absolute Gasteiger partial charge is 0.399 e. The minimum atomic E-state index is -0.303. The Morgan fingerprint density at radius 2 is 1.67 bits per heavy atom. The predicted molar refractivity (Wildman–Crippen MR) is 85.2 cm³/mol. The zero-order chi connectivity index (χ0) is 14.7. The number of anilines is 3. The first-order chi connectivity index (χ1) is 10.2. The summed E-state index contributed by atoms with van der Waals surface area (Å²) in [5.41, 5.74) is 8.54.